The van der Waals surface area contributed by atoms with Gasteiger partial charge in [-0.3, -0.25) is 10.1 Å². The number of halogens is 1. The van der Waals surface area contributed by atoms with Crippen molar-refractivity contribution >= 4 is 18.1 Å². The van der Waals surface area contributed by atoms with Crippen LogP contribution in [0.3, 0.4) is 0 Å². The summed E-state index contributed by atoms with van der Waals surface area (Å²) in [7, 11) is 3.33. The fourth-order valence-electron chi connectivity index (χ4n) is 3.39. The number of hydrogen-bond donors (Lipinski definition) is 0. The third-order valence-corrected chi connectivity index (χ3v) is 4.96. The quantitative estimate of drug-likeness (QED) is 0.554. The van der Waals surface area contributed by atoms with Crippen molar-refractivity contribution in [2.75, 3.05) is 33.9 Å². The minimum Gasteiger partial charge on any atom is -0.493 e. The van der Waals surface area contributed by atoms with Crippen LogP contribution in [0.2, 0.25) is 0 Å². The molecule has 0 aliphatic carbocycles. The van der Waals surface area contributed by atoms with Gasteiger partial charge in [-0.25, -0.2) is 0 Å². The molecule has 0 saturated heterocycles. The summed E-state index contributed by atoms with van der Waals surface area (Å²) in [5.74, 6) is 1.57. The standard InChI is InChI=1S/C20H24N2O4.ClH/c1-25-19-13-16-8-11-21(12-9-17(16)14-20(19)26-2)10-7-15-3-5-18(6-4-15)22(23)24;/h3-6,13-14H,7-12H2,1-2H3;1H. The minimum absolute atomic E-state index is 0. The summed E-state index contributed by atoms with van der Waals surface area (Å²) in [6.07, 6.45) is 2.85. The van der Waals surface area contributed by atoms with Crippen LogP contribution >= 0.6 is 12.4 Å². The van der Waals surface area contributed by atoms with Gasteiger partial charge in [0.25, 0.3) is 5.69 Å². The van der Waals surface area contributed by atoms with Gasteiger partial charge in [-0.1, -0.05) is 12.1 Å². The minimum atomic E-state index is -0.363. The van der Waals surface area contributed by atoms with E-state index in [-0.39, 0.29) is 23.0 Å². The van der Waals surface area contributed by atoms with Crippen LogP contribution < -0.4 is 9.47 Å². The van der Waals surface area contributed by atoms with Crippen LogP contribution in [-0.2, 0) is 19.3 Å². The number of nitro benzene ring substituents is 1. The zero-order chi connectivity index (χ0) is 18.5. The Morgan fingerprint density at radius 3 is 1.96 bits per heavy atom. The van der Waals surface area contributed by atoms with E-state index in [1.807, 2.05) is 12.1 Å². The fourth-order valence-corrected chi connectivity index (χ4v) is 3.39. The maximum absolute atomic E-state index is 10.7. The first-order valence-corrected chi connectivity index (χ1v) is 8.80. The summed E-state index contributed by atoms with van der Waals surface area (Å²) in [5.41, 5.74) is 3.91. The molecule has 0 aromatic heterocycles. The van der Waals surface area contributed by atoms with Crippen molar-refractivity contribution in [2.45, 2.75) is 19.3 Å². The average molecular weight is 393 g/mol. The second-order valence-electron chi connectivity index (χ2n) is 6.49. The summed E-state index contributed by atoms with van der Waals surface area (Å²) in [5, 5.41) is 10.7. The molecule has 2 aromatic carbocycles. The lowest BCUT2D eigenvalue weighted by molar-refractivity contribution is -0.384. The summed E-state index contributed by atoms with van der Waals surface area (Å²) in [4.78, 5) is 12.8. The van der Waals surface area contributed by atoms with Crippen LogP contribution in [0.15, 0.2) is 36.4 Å². The highest BCUT2D eigenvalue weighted by atomic mass is 35.5. The van der Waals surface area contributed by atoms with Crippen molar-refractivity contribution in [1.29, 1.82) is 0 Å². The third kappa shape index (κ3) is 5.11. The average Bonchev–Trinajstić information content (AvgIpc) is 2.87. The molecule has 146 valence electrons. The van der Waals surface area contributed by atoms with Gasteiger partial charge in [0.2, 0.25) is 0 Å². The van der Waals surface area contributed by atoms with E-state index < -0.39 is 0 Å². The van der Waals surface area contributed by atoms with Gasteiger partial charge in [0, 0.05) is 31.8 Å². The van der Waals surface area contributed by atoms with Crippen LogP contribution in [-0.4, -0.2) is 43.7 Å². The molecule has 27 heavy (non-hydrogen) atoms. The molecule has 0 fully saturated rings. The predicted octanol–water partition coefficient (Wildman–Crippen LogP) is 3.68. The lowest BCUT2D eigenvalue weighted by atomic mass is 10.0. The number of methoxy groups -OCH3 is 2. The Morgan fingerprint density at radius 1 is 1.00 bits per heavy atom. The monoisotopic (exact) mass is 392 g/mol. The van der Waals surface area contributed by atoms with Gasteiger partial charge >= 0.3 is 0 Å². The van der Waals surface area contributed by atoms with Crippen molar-refractivity contribution in [3.8, 4) is 11.5 Å². The molecule has 0 amide bonds. The molecule has 1 aliphatic heterocycles. The number of fused-ring (bicyclic) bond motifs is 1. The normalized spacial score (nSPS) is 13.9. The first-order chi connectivity index (χ1) is 12.6. The first kappa shape index (κ1) is 21.0. The summed E-state index contributed by atoms with van der Waals surface area (Å²) in [6, 6.07) is 11.0. The van der Waals surface area contributed by atoms with Crippen LogP contribution in [0.4, 0.5) is 5.69 Å². The maximum Gasteiger partial charge on any atom is 0.269 e. The molecule has 0 spiro atoms. The number of benzene rings is 2. The Bertz CT molecular complexity index is 745. The summed E-state index contributed by atoms with van der Waals surface area (Å²) >= 11 is 0. The van der Waals surface area contributed by atoms with Gasteiger partial charge in [-0.2, -0.15) is 0 Å². The number of ether oxygens (including phenoxy) is 2. The number of rotatable bonds is 6. The lowest BCUT2D eigenvalue weighted by Crippen LogP contribution is -2.28. The van der Waals surface area contributed by atoms with E-state index in [2.05, 4.69) is 17.0 Å². The topological polar surface area (TPSA) is 64.8 Å². The largest absolute Gasteiger partial charge is 0.493 e. The first-order valence-electron chi connectivity index (χ1n) is 8.80. The highest BCUT2D eigenvalue weighted by molar-refractivity contribution is 5.85. The molecule has 1 aliphatic rings. The molecule has 2 aromatic rings. The van der Waals surface area contributed by atoms with Crippen LogP contribution in [0, 0.1) is 10.1 Å². The Labute approximate surface area is 165 Å². The Kier molecular flexibility index (Phi) is 7.45. The molecular formula is C20H25ClN2O4. The van der Waals surface area contributed by atoms with E-state index in [0.717, 1.165) is 56.0 Å². The molecule has 0 saturated carbocycles. The fraction of sp³-hybridized carbons (Fsp3) is 0.400. The van der Waals surface area contributed by atoms with E-state index in [4.69, 9.17) is 9.47 Å². The zero-order valence-corrected chi connectivity index (χ0v) is 16.5. The lowest BCUT2D eigenvalue weighted by Gasteiger charge is -2.19. The van der Waals surface area contributed by atoms with Crippen LogP contribution in [0.5, 0.6) is 11.5 Å². The van der Waals surface area contributed by atoms with Crippen molar-refractivity contribution in [3.05, 3.63) is 63.2 Å². The third-order valence-electron chi connectivity index (χ3n) is 4.96. The second kappa shape index (κ2) is 9.58. The molecule has 0 radical (unpaired) electrons. The van der Waals surface area contributed by atoms with E-state index in [1.54, 1.807) is 26.4 Å². The van der Waals surface area contributed by atoms with E-state index in [1.165, 1.54) is 11.1 Å². The molecule has 0 atom stereocenters. The van der Waals surface area contributed by atoms with Gasteiger partial charge in [-0.15, -0.1) is 12.4 Å². The van der Waals surface area contributed by atoms with E-state index in [9.17, 15) is 10.1 Å². The molecule has 1 heterocycles. The van der Waals surface area contributed by atoms with Gasteiger partial charge in [-0.05, 0) is 48.1 Å². The van der Waals surface area contributed by atoms with Crippen LogP contribution in [0.25, 0.3) is 0 Å². The number of nitrogens with zero attached hydrogens (tertiary/aromatic N) is 2. The number of non-ortho nitro benzene ring substituents is 1. The Morgan fingerprint density at radius 2 is 1.52 bits per heavy atom. The molecule has 6 nitrogen and oxygen atoms in total. The Balaban J connectivity index is 0.00000261. The molecule has 3 rings (SSSR count). The molecule has 0 N–H and O–H groups in total. The van der Waals surface area contributed by atoms with Crippen molar-refractivity contribution < 1.29 is 14.4 Å². The molecule has 0 unspecified atom stereocenters. The van der Waals surface area contributed by atoms with Crippen molar-refractivity contribution in [3.63, 3.8) is 0 Å². The van der Waals surface area contributed by atoms with Gasteiger partial charge in [0.15, 0.2) is 11.5 Å². The van der Waals surface area contributed by atoms with Crippen LogP contribution in [0.1, 0.15) is 16.7 Å². The smallest absolute Gasteiger partial charge is 0.269 e. The SMILES string of the molecule is COc1cc2c(cc1OC)CCN(CCc1ccc([N+](=O)[O-])cc1)CC2.Cl. The van der Waals surface area contributed by atoms with E-state index >= 15 is 0 Å². The highest BCUT2D eigenvalue weighted by Crippen LogP contribution is 2.32. The zero-order valence-electron chi connectivity index (χ0n) is 15.6. The van der Waals surface area contributed by atoms with Crippen molar-refractivity contribution in [2.24, 2.45) is 0 Å². The van der Waals surface area contributed by atoms with Gasteiger partial charge in [0.1, 0.15) is 0 Å². The van der Waals surface area contributed by atoms with Crippen molar-refractivity contribution in [1.82, 2.24) is 4.90 Å². The van der Waals surface area contributed by atoms with E-state index in [0.29, 0.717) is 0 Å². The predicted molar refractivity (Wildman–Crippen MR) is 107 cm³/mol. The number of nitro groups is 1. The number of hydrogen-bond acceptors (Lipinski definition) is 5. The molecule has 7 heteroatoms. The maximum atomic E-state index is 10.7. The second-order valence-corrected chi connectivity index (χ2v) is 6.49. The summed E-state index contributed by atoms with van der Waals surface area (Å²) < 4.78 is 10.8. The van der Waals surface area contributed by atoms with Gasteiger partial charge in [0.05, 0.1) is 19.1 Å². The Hall–Kier alpha value is -2.31. The summed E-state index contributed by atoms with van der Waals surface area (Å²) in [6.45, 7) is 2.94. The van der Waals surface area contributed by atoms with Gasteiger partial charge < -0.3 is 14.4 Å². The molecular weight excluding hydrogens is 368 g/mol. The molecule has 0 bridgehead atoms. The highest BCUT2D eigenvalue weighted by Gasteiger charge is 2.17.